The summed E-state index contributed by atoms with van der Waals surface area (Å²) in [6, 6.07) is 0.187. The molecule has 0 saturated heterocycles. The first kappa shape index (κ1) is 15.8. The van der Waals surface area contributed by atoms with Gasteiger partial charge in [-0.1, -0.05) is 33.6 Å². The third-order valence-electron chi connectivity index (χ3n) is 5.28. The van der Waals surface area contributed by atoms with Gasteiger partial charge in [0, 0.05) is 6.04 Å². The molecule has 5 atom stereocenters. The summed E-state index contributed by atoms with van der Waals surface area (Å²) in [5.74, 6) is 1.87. The molecule has 0 aromatic carbocycles. The van der Waals surface area contributed by atoms with Gasteiger partial charge < -0.3 is 10.5 Å². The van der Waals surface area contributed by atoms with Crippen molar-refractivity contribution in [2.45, 2.75) is 77.9 Å². The molecule has 20 heavy (non-hydrogen) atoms. The van der Waals surface area contributed by atoms with Crippen molar-refractivity contribution in [3.05, 3.63) is 0 Å². The molecule has 2 saturated carbocycles. The lowest BCUT2D eigenvalue weighted by molar-refractivity contribution is -0.162. The minimum absolute atomic E-state index is 0.0184. The number of carbonyl (C=O) groups is 1. The highest BCUT2D eigenvalue weighted by atomic mass is 16.5. The average molecular weight is 281 g/mol. The van der Waals surface area contributed by atoms with E-state index in [1.165, 1.54) is 12.8 Å². The Morgan fingerprint density at radius 1 is 1.15 bits per heavy atom. The summed E-state index contributed by atoms with van der Waals surface area (Å²) in [7, 11) is 0. The van der Waals surface area contributed by atoms with E-state index in [1.807, 2.05) is 0 Å². The molecular formula is C17H31NO2. The second kappa shape index (κ2) is 6.93. The van der Waals surface area contributed by atoms with Crippen LogP contribution in [0.3, 0.4) is 0 Å². The first-order valence-corrected chi connectivity index (χ1v) is 8.43. The van der Waals surface area contributed by atoms with Crippen molar-refractivity contribution in [2.75, 3.05) is 0 Å². The van der Waals surface area contributed by atoms with Gasteiger partial charge in [-0.3, -0.25) is 4.79 Å². The Labute approximate surface area is 123 Å². The number of ether oxygens (including phenoxy) is 1. The van der Waals surface area contributed by atoms with Crippen molar-refractivity contribution in [3.8, 4) is 0 Å². The SMILES string of the molecule is CC1CCC(C(C)C)C(OC(=O)C2CCCC(N)C2)C1. The second-order valence-corrected chi connectivity index (χ2v) is 7.43. The van der Waals surface area contributed by atoms with Gasteiger partial charge in [0.05, 0.1) is 5.92 Å². The van der Waals surface area contributed by atoms with Gasteiger partial charge in [0.25, 0.3) is 0 Å². The fourth-order valence-electron chi connectivity index (χ4n) is 3.94. The van der Waals surface area contributed by atoms with Crippen molar-refractivity contribution >= 4 is 5.97 Å². The maximum Gasteiger partial charge on any atom is 0.309 e. The molecule has 0 aromatic rings. The molecule has 0 amide bonds. The second-order valence-electron chi connectivity index (χ2n) is 7.43. The zero-order chi connectivity index (χ0) is 14.7. The van der Waals surface area contributed by atoms with Gasteiger partial charge in [0.15, 0.2) is 0 Å². The Bertz CT molecular complexity index is 329. The van der Waals surface area contributed by atoms with Crippen LogP contribution in [0.25, 0.3) is 0 Å². The van der Waals surface area contributed by atoms with E-state index in [1.54, 1.807) is 0 Å². The van der Waals surface area contributed by atoms with Gasteiger partial charge in [0.1, 0.15) is 6.10 Å². The summed E-state index contributed by atoms with van der Waals surface area (Å²) in [4.78, 5) is 12.4. The molecule has 0 spiro atoms. The summed E-state index contributed by atoms with van der Waals surface area (Å²) >= 11 is 0. The van der Waals surface area contributed by atoms with Crippen LogP contribution < -0.4 is 5.73 Å². The quantitative estimate of drug-likeness (QED) is 0.805. The molecule has 0 radical (unpaired) electrons. The Balaban J connectivity index is 1.93. The van der Waals surface area contributed by atoms with Gasteiger partial charge >= 0.3 is 5.97 Å². The lowest BCUT2D eigenvalue weighted by atomic mass is 9.75. The number of carbonyl (C=O) groups excluding carboxylic acids is 1. The molecule has 2 N–H and O–H groups in total. The van der Waals surface area contributed by atoms with Crippen LogP contribution in [-0.2, 0) is 9.53 Å². The summed E-state index contributed by atoms with van der Waals surface area (Å²) in [6.45, 7) is 6.77. The van der Waals surface area contributed by atoms with Crippen molar-refractivity contribution < 1.29 is 9.53 Å². The van der Waals surface area contributed by atoms with Crippen LogP contribution in [-0.4, -0.2) is 18.1 Å². The molecule has 0 aliphatic heterocycles. The van der Waals surface area contributed by atoms with E-state index in [9.17, 15) is 4.79 Å². The molecule has 2 aliphatic rings. The molecule has 5 unspecified atom stereocenters. The molecule has 2 rings (SSSR count). The monoisotopic (exact) mass is 281 g/mol. The van der Waals surface area contributed by atoms with Gasteiger partial charge in [-0.15, -0.1) is 0 Å². The summed E-state index contributed by atoms with van der Waals surface area (Å²) < 4.78 is 5.93. The Hall–Kier alpha value is -0.570. The van der Waals surface area contributed by atoms with E-state index in [0.717, 1.165) is 32.1 Å². The van der Waals surface area contributed by atoms with Crippen molar-refractivity contribution in [1.29, 1.82) is 0 Å². The Morgan fingerprint density at radius 3 is 2.55 bits per heavy atom. The van der Waals surface area contributed by atoms with Crippen LogP contribution in [0.2, 0.25) is 0 Å². The topological polar surface area (TPSA) is 52.3 Å². The fraction of sp³-hybridized carbons (Fsp3) is 0.941. The van der Waals surface area contributed by atoms with Crippen molar-refractivity contribution in [2.24, 2.45) is 29.4 Å². The first-order valence-electron chi connectivity index (χ1n) is 8.43. The van der Waals surface area contributed by atoms with Crippen LogP contribution >= 0.6 is 0 Å². The minimum atomic E-state index is 0.0184. The molecule has 116 valence electrons. The number of nitrogens with two attached hydrogens (primary N) is 1. The van der Waals surface area contributed by atoms with E-state index in [4.69, 9.17) is 10.5 Å². The molecule has 3 heteroatoms. The van der Waals surface area contributed by atoms with Crippen LogP contribution in [0.15, 0.2) is 0 Å². The third-order valence-corrected chi connectivity index (χ3v) is 5.28. The van der Waals surface area contributed by atoms with Crippen LogP contribution in [0.1, 0.15) is 65.7 Å². The van der Waals surface area contributed by atoms with E-state index in [0.29, 0.717) is 17.8 Å². The number of hydrogen-bond acceptors (Lipinski definition) is 3. The molecular weight excluding hydrogens is 250 g/mol. The predicted octanol–water partition coefficient (Wildman–Crippen LogP) is 3.51. The van der Waals surface area contributed by atoms with Gasteiger partial charge in [0.2, 0.25) is 0 Å². The molecule has 0 aromatic heterocycles. The van der Waals surface area contributed by atoms with E-state index < -0.39 is 0 Å². The lowest BCUT2D eigenvalue weighted by Gasteiger charge is -2.37. The fourth-order valence-corrected chi connectivity index (χ4v) is 3.94. The maximum absolute atomic E-state index is 12.4. The number of esters is 1. The molecule has 2 fully saturated rings. The van der Waals surface area contributed by atoms with Crippen LogP contribution in [0, 0.1) is 23.7 Å². The zero-order valence-electron chi connectivity index (χ0n) is 13.3. The smallest absolute Gasteiger partial charge is 0.309 e. The van der Waals surface area contributed by atoms with Crippen LogP contribution in [0.4, 0.5) is 0 Å². The molecule has 2 aliphatic carbocycles. The highest BCUT2D eigenvalue weighted by molar-refractivity contribution is 5.72. The summed E-state index contributed by atoms with van der Waals surface area (Å²) in [5.41, 5.74) is 5.99. The standard InChI is InChI=1S/C17H31NO2/c1-11(2)15-8-7-12(3)9-16(15)20-17(19)13-5-4-6-14(18)10-13/h11-16H,4-10,18H2,1-3H3. The largest absolute Gasteiger partial charge is 0.462 e. The van der Waals surface area contributed by atoms with Crippen molar-refractivity contribution in [1.82, 2.24) is 0 Å². The normalized spacial score (nSPS) is 38.8. The summed E-state index contributed by atoms with van der Waals surface area (Å²) in [6.07, 6.45) is 7.52. The maximum atomic E-state index is 12.4. The Morgan fingerprint density at radius 2 is 1.90 bits per heavy atom. The number of hydrogen-bond donors (Lipinski definition) is 1. The first-order chi connectivity index (χ1) is 9.47. The molecule has 0 bridgehead atoms. The van der Waals surface area contributed by atoms with E-state index in [-0.39, 0.29) is 24.0 Å². The predicted molar refractivity (Wildman–Crippen MR) is 81.2 cm³/mol. The van der Waals surface area contributed by atoms with E-state index in [2.05, 4.69) is 20.8 Å². The minimum Gasteiger partial charge on any atom is -0.462 e. The number of rotatable bonds is 3. The highest BCUT2D eigenvalue weighted by Crippen LogP contribution is 2.36. The van der Waals surface area contributed by atoms with Gasteiger partial charge in [-0.25, -0.2) is 0 Å². The van der Waals surface area contributed by atoms with Crippen molar-refractivity contribution in [3.63, 3.8) is 0 Å². The van der Waals surface area contributed by atoms with Gasteiger partial charge in [-0.05, 0) is 49.9 Å². The third kappa shape index (κ3) is 3.97. The molecule has 0 heterocycles. The summed E-state index contributed by atoms with van der Waals surface area (Å²) in [5, 5.41) is 0. The lowest BCUT2D eigenvalue weighted by Crippen LogP contribution is -2.39. The Kier molecular flexibility index (Phi) is 5.48. The van der Waals surface area contributed by atoms with Crippen LogP contribution in [0.5, 0.6) is 0 Å². The van der Waals surface area contributed by atoms with Gasteiger partial charge in [-0.2, -0.15) is 0 Å². The molecule has 3 nitrogen and oxygen atoms in total. The zero-order valence-corrected chi connectivity index (χ0v) is 13.3. The van der Waals surface area contributed by atoms with E-state index >= 15 is 0 Å². The average Bonchev–Trinajstić information content (AvgIpc) is 2.38. The highest BCUT2D eigenvalue weighted by Gasteiger charge is 2.35.